The van der Waals surface area contributed by atoms with Crippen LogP contribution in [0.15, 0.2) is 90.3 Å². The number of nitrogens with zero attached hydrogens (tertiary/aromatic N) is 2. The number of amides is 1. The van der Waals surface area contributed by atoms with Gasteiger partial charge in [0.25, 0.3) is 5.91 Å². The van der Waals surface area contributed by atoms with Gasteiger partial charge in [-0.15, -0.1) is 0 Å². The number of anilines is 1. The van der Waals surface area contributed by atoms with Crippen LogP contribution in [-0.4, -0.2) is 38.1 Å². The Morgan fingerprint density at radius 3 is 2.41 bits per heavy atom. The van der Waals surface area contributed by atoms with Gasteiger partial charge in [-0.1, -0.05) is 73.3 Å². The lowest BCUT2D eigenvalue weighted by Gasteiger charge is -2.41. The molecule has 0 aliphatic carbocycles. The molecule has 3 N–H and O–H groups in total. The second-order valence-corrected chi connectivity index (χ2v) is 9.87. The van der Waals surface area contributed by atoms with Crippen LogP contribution in [0.1, 0.15) is 46.4 Å². The normalized spacial score (nSPS) is 21.5. The lowest BCUT2D eigenvalue weighted by atomic mass is 9.91. The molecular formula is C28H28N4O4S. The van der Waals surface area contributed by atoms with E-state index < -0.39 is 6.29 Å². The van der Waals surface area contributed by atoms with Crippen molar-refractivity contribution in [3.8, 4) is 0 Å². The van der Waals surface area contributed by atoms with Gasteiger partial charge in [-0.05, 0) is 35.4 Å². The van der Waals surface area contributed by atoms with Crippen molar-refractivity contribution in [3.63, 3.8) is 0 Å². The molecule has 1 fully saturated rings. The average Bonchev–Trinajstić information content (AvgIpc) is 3.47. The van der Waals surface area contributed by atoms with Crippen molar-refractivity contribution in [1.82, 2.24) is 15.2 Å². The third-order valence-electron chi connectivity index (χ3n) is 6.38. The minimum atomic E-state index is -0.585. The van der Waals surface area contributed by atoms with Crippen LogP contribution < -0.4 is 5.32 Å². The third kappa shape index (κ3) is 6.08. The summed E-state index contributed by atoms with van der Waals surface area (Å²) >= 11 is 1.55. The smallest absolute Gasteiger partial charge is 0.255 e. The number of carbonyl (C=O) groups is 1. The summed E-state index contributed by atoms with van der Waals surface area (Å²) in [5.41, 5.74) is 4.03. The maximum atomic E-state index is 12.5. The Balaban J connectivity index is 1.34. The fraction of sp³-hybridized carbons (Fsp3) is 0.250. The maximum Gasteiger partial charge on any atom is 0.255 e. The Labute approximate surface area is 219 Å². The number of ether oxygens (including phenoxy) is 2. The van der Waals surface area contributed by atoms with Crippen molar-refractivity contribution in [2.75, 3.05) is 11.1 Å². The van der Waals surface area contributed by atoms with E-state index in [1.807, 2.05) is 66.7 Å². The molecule has 4 atom stereocenters. The van der Waals surface area contributed by atoms with E-state index in [-0.39, 0.29) is 30.6 Å². The molecule has 2 heterocycles. The van der Waals surface area contributed by atoms with Gasteiger partial charge in [0.1, 0.15) is 6.33 Å². The summed E-state index contributed by atoms with van der Waals surface area (Å²) in [7, 11) is 0. The number of aliphatic hydroxyl groups is 1. The van der Waals surface area contributed by atoms with E-state index >= 15 is 0 Å². The summed E-state index contributed by atoms with van der Waals surface area (Å²) < 4.78 is 12.9. The summed E-state index contributed by atoms with van der Waals surface area (Å²) in [6, 6.07) is 24.5. The van der Waals surface area contributed by atoms with Gasteiger partial charge in [0, 0.05) is 28.5 Å². The van der Waals surface area contributed by atoms with Crippen molar-refractivity contribution in [1.29, 1.82) is 0 Å². The van der Waals surface area contributed by atoms with Crippen LogP contribution in [0.2, 0.25) is 0 Å². The second-order valence-electron chi connectivity index (χ2n) is 8.87. The monoisotopic (exact) mass is 516 g/mol. The van der Waals surface area contributed by atoms with Crippen LogP contribution in [0.25, 0.3) is 0 Å². The number of carbonyl (C=O) groups excluding carboxylic acids is 1. The highest BCUT2D eigenvalue weighted by molar-refractivity contribution is 7.99. The Kier molecular flexibility index (Phi) is 7.96. The van der Waals surface area contributed by atoms with E-state index in [0.29, 0.717) is 17.0 Å². The molecule has 4 unspecified atom stereocenters. The molecule has 1 saturated heterocycles. The number of aromatic nitrogens is 3. The quantitative estimate of drug-likeness (QED) is 0.279. The number of H-pyrrole nitrogens is 1. The highest BCUT2D eigenvalue weighted by Gasteiger charge is 2.38. The zero-order valence-corrected chi connectivity index (χ0v) is 21.1. The molecule has 0 bridgehead atoms. The van der Waals surface area contributed by atoms with Crippen molar-refractivity contribution in [2.45, 2.75) is 37.2 Å². The fourth-order valence-electron chi connectivity index (χ4n) is 4.25. The topological polar surface area (TPSA) is 109 Å². The lowest BCUT2D eigenvalue weighted by Crippen LogP contribution is -2.38. The third-order valence-corrected chi connectivity index (χ3v) is 7.34. The first-order chi connectivity index (χ1) is 18.1. The molecular weight excluding hydrogens is 488 g/mol. The van der Waals surface area contributed by atoms with Gasteiger partial charge in [-0.3, -0.25) is 9.89 Å². The maximum absolute atomic E-state index is 12.5. The van der Waals surface area contributed by atoms with Crippen LogP contribution in [-0.2, 0) is 16.1 Å². The highest BCUT2D eigenvalue weighted by Crippen LogP contribution is 2.42. The summed E-state index contributed by atoms with van der Waals surface area (Å²) in [6.45, 7) is 2.12. The molecule has 0 saturated carbocycles. The van der Waals surface area contributed by atoms with E-state index in [1.54, 1.807) is 23.9 Å². The number of thioether (sulfide) groups is 1. The van der Waals surface area contributed by atoms with Gasteiger partial charge >= 0.3 is 0 Å². The number of aliphatic hydroxyl groups excluding tert-OH is 1. The van der Waals surface area contributed by atoms with Crippen molar-refractivity contribution >= 4 is 23.4 Å². The SMILES string of the molecule is CC1C(CSc2ncn[nH]2)OC(c2ccc(NC(=O)c3ccccc3)cc2)OC1c1ccc(CO)cc1. The van der Waals surface area contributed by atoms with Gasteiger partial charge in [0.05, 0.1) is 18.8 Å². The number of benzene rings is 3. The molecule has 8 nitrogen and oxygen atoms in total. The van der Waals surface area contributed by atoms with Gasteiger partial charge < -0.3 is 19.9 Å². The van der Waals surface area contributed by atoms with E-state index in [0.717, 1.165) is 21.8 Å². The van der Waals surface area contributed by atoms with Gasteiger partial charge in [0.15, 0.2) is 11.4 Å². The molecule has 1 amide bonds. The molecule has 0 spiro atoms. The van der Waals surface area contributed by atoms with Crippen molar-refractivity contribution < 1.29 is 19.4 Å². The zero-order valence-electron chi connectivity index (χ0n) is 20.3. The minimum Gasteiger partial charge on any atom is -0.392 e. The molecule has 1 aromatic heterocycles. The number of hydrogen-bond acceptors (Lipinski definition) is 7. The predicted octanol–water partition coefficient (Wildman–Crippen LogP) is 5.13. The molecule has 9 heteroatoms. The molecule has 5 rings (SSSR count). The van der Waals surface area contributed by atoms with Crippen molar-refractivity contribution in [2.24, 2.45) is 5.92 Å². The standard InChI is InChI=1S/C28H28N4O4S/c1-18-24(16-37-28-29-17-30-32-28)35-27(36-25(18)20-9-7-19(15-33)8-10-20)22-11-13-23(14-12-22)31-26(34)21-5-3-2-4-6-21/h2-14,17-18,24-25,27,33H,15-16H2,1H3,(H,31,34)(H,29,30,32). The van der Waals surface area contributed by atoms with Crippen LogP contribution in [0, 0.1) is 5.92 Å². The van der Waals surface area contributed by atoms with E-state index in [4.69, 9.17) is 9.47 Å². The van der Waals surface area contributed by atoms with Gasteiger partial charge in [0.2, 0.25) is 0 Å². The van der Waals surface area contributed by atoms with Crippen LogP contribution >= 0.6 is 11.8 Å². The summed E-state index contributed by atoms with van der Waals surface area (Å²) in [5, 5.41) is 19.9. The van der Waals surface area contributed by atoms with Gasteiger partial charge in [-0.25, -0.2) is 4.98 Å². The first-order valence-electron chi connectivity index (χ1n) is 12.1. The molecule has 37 heavy (non-hydrogen) atoms. The zero-order chi connectivity index (χ0) is 25.6. The molecule has 1 aliphatic heterocycles. The Morgan fingerprint density at radius 2 is 1.73 bits per heavy atom. The first kappa shape index (κ1) is 25.2. The fourth-order valence-corrected chi connectivity index (χ4v) is 5.19. The van der Waals surface area contributed by atoms with Gasteiger partial charge in [-0.2, -0.15) is 5.10 Å². The summed E-state index contributed by atoms with van der Waals surface area (Å²) in [6.07, 6.45) is 0.583. The van der Waals surface area contributed by atoms with E-state index in [2.05, 4.69) is 27.4 Å². The number of nitrogens with one attached hydrogen (secondary N) is 2. The van der Waals surface area contributed by atoms with Crippen molar-refractivity contribution in [3.05, 3.63) is 107 Å². The van der Waals surface area contributed by atoms with Crippen LogP contribution in [0.5, 0.6) is 0 Å². The number of aromatic amines is 1. The molecule has 1 aliphatic rings. The van der Waals surface area contributed by atoms with E-state index in [9.17, 15) is 9.90 Å². The second kappa shape index (κ2) is 11.7. The molecule has 0 radical (unpaired) electrons. The molecule has 190 valence electrons. The Morgan fingerprint density at radius 1 is 1.00 bits per heavy atom. The predicted molar refractivity (Wildman–Crippen MR) is 141 cm³/mol. The molecule has 3 aromatic carbocycles. The first-order valence-corrected chi connectivity index (χ1v) is 13.0. The summed E-state index contributed by atoms with van der Waals surface area (Å²) in [4.78, 5) is 16.7. The average molecular weight is 517 g/mol. The lowest BCUT2D eigenvalue weighted by molar-refractivity contribution is -0.268. The largest absolute Gasteiger partial charge is 0.392 e. The number of hydrogen-bond donors (Lipinski definition) is 3. The Bertz CT molecular complexity index is 1280. The Hall–Kier alpha value is -3.50. The van der Waals surface area contributed by atoms with E-state index in [1.165, 1.54) is 6.33 Å². The highest BCUT2D eigenvalue weighted by atomic mass is 32.2. The molecule has 4 aromatic rings. The van der Waals surface area contributed by atoms with Crippen LogP contribution in [0.3, 0.4) is 0 Å². The summed E-state index contributed by atoms with van der Waals surface area (Å²) in [5.74, 6) is 0.575. The minimum absolute atomic E-state index is 0.00327. The van der Waals surface area contributed by atoms with Crippen LogP contribution in [0.4, 0.5) is 5.69 Å². The number of rotatable bonds is 8.